The van der Waals surface area contributed by atoms with Crippen molar-refractivity contribution in [1.29, 1.82) is 0 Å². The number of amides is 2. The van der Waals surface area contributed by atoms with Crippen molar-refractivity contribution in [3.05, 3.63) is 30.1 Å². The molecule has 0 aromatic carbocycles. The fourth-order valence-corrected chi connectivity index (χ4v) is 3.35. The molecule has 0 aliphatic carbocycles. The zero-order valence-electron chi connectivity index (χ0n) is 11.3. The largest absolute Gasteiger partial charge is 0.335 e. The molecular weight excluding hydrogens is 258 g/mol. The van der Waals surface area contributed by atoms with Gasteiger partial charge in [0.2, 0.25) is 0 Å². The fourth-order valence-electron chi connectivity index (χ4n) is 2.24. The third-order valence-electron chi connectivity index (χ3n) is 3.38. The van der Waals surface area contributed by atoms with Gasteiger partial charge in [-0.2, -0.15) is 11.8 Å². The summed E-state index contributed by atoms with van der Waals surface area (Å²) in [5, 5.41) is 6.12. The van der Waals surface area contributed by atoms with Crippen LogP contribution in [0.1, 0.15) is 37.8 Å². The van der Waals surface area contributed by atoms with Crippen molar-refractivity contribution >= 4 is 17.8 Å². The molecule has 0 saturated carbocycles. The van der Waals surface area contributed by atoms with E-state index >= 15 is 0 Å². The second-order valence-electron chi connectivity index (χ2n) is 4.75. The maximum atomic E-state index is 12.0. The fraction of sp³-hybridized carbons (Fsp3) is 0.571. The molecule has 2 heterocycles. The first-order valence-electron chi connectivity index (χ1n) is 6.84. The molecule has 0 radical (unpaired) electrons. The summed E-state index contributed by atoms with van der Waals surface area (Å²) in [5.74, 6) is 2.29. The minimum atomic E-state index is -0.0550. The van der Waals surface area contributed by atoms with Crippen LogP contribution in [0.15, 0.2) is 24.5 Å². The lowest BCUT2D eigenvalue weighted by molar-refractivity contribution is 0.232. The normalized spacial score (nSPS) is 17.7. The summed E-state index contributed by atoms with van der Waals surface area (Å²) >= 11 is 1.96. The van der Waals surface area contributed by atoms with Gasteiger partial charge in [0, 0.05) is 18.4 Å². The molecule has 1 saturated heterocycles. The summed E-state index contributed by atoms with van der Waals surface area (Å²) in [5.41, 5.74) is 1.10. The number of carbonyl (C=O) groups is 1. The van der Waals surface area contributed by atoms with Crippen molar-refractivity contribution in [2.24, 2.45) is 0 Å². The van der Waals surface area contributed by atoms with Gasteiger partial charge in [-0.25, -0.2) is 4.79 Å². The van der Waals surface area contributed by atoms with Gasteiger partial charge in [-0.3, -0.25) is 4.98 Å². The quantitative estimate of drug-likeness (QED) is 0.891. The second-order valence-corrected chi connectivity index (χ2v) is 5.97. The van der Waals surface area contributed by atoms with Gasteiger partial charge in [-0.15, -0.1) is 0 Å². The number of thioether (sulfide) groups is 1. The number of rotatable bonds is 4. The number of urea groups is 1. The van der Waals surface area contributed by atoms with E-state index in [9.17, 15) is 4.79 Å². The molecule has 1 fully saturated rings. The van der Waals surface area contributed by atoms with Crippen molar-refractivity contribution in [2.75, 3.05) is 11.5 Å². The molecule has 5 heteroatoms. The molecule has 4 nitrogen and oxygen atoms in total. The van der Waals surface area contributed by atoms with Crippen LogP contribution in [0.3, 0.4) is 0 Å². The number of aromatic nitrogens is 1. The number of hydrogen-bond acceptors (Lipinski definition) is 3. The molecule has 104 valence electrons. The van der Waals surface area contributed by atoms with Crippen LogP contribution in [0.2, 0.25) is 0 Å². The Morgan fingerprint density at radius 1 is 1.42 bits per heavy atom. The van der Waals surface area contributed by atoms with Crippen molar-refractivity contribution in [3.8, 4) is 0 Å². The minimum Gasteiger partial charge on any atom is -0.335 e. The average molecular weight is 279 g/mol. The topological polar surface area (TPSA) is 54.0 Å². The molecule has 1 aromatic heterocycles. The molecule has 1 aliphatic heterocycles. The Hall–Kier alpha value is -1.23. The number of nitrogens with zero attached hydrogens (tertiary/aromatic N) is 1. The molecule has 2 N–H and O–H groups in total. The van der Waals surface area contributed by atoms with E-state index in [2.05, 4.69) is 22.5 Å². The Balaban J connectivity index is 1.85. The number of nitrogens with one attached hydrogen (secondary N) is 2. The van der Waals surface area contributed by atoms with Crippen LogP contribution >= 0.6 is 11.8 Å². The summed E-state index contributed by atoms with van der Waals surface area (Å²) < 4.78 is 0. The summed E-state index contributed by atoms with van der Waals surface area (Å²) in [4.78, 5) is 16.0. The molecule has 2 amide bonds. The predicted molar refractivity (Wildman–Crippen MR) is 79.3 cm³/mol. The van der Waals surface area contributed by atoms with E-state index in [1.807, 2.05) is 23.9 Å². The zero-order valence-corrected chi connectivity index (χ0v) is 12.1. The van der Waals surface area contributed by atoms with Crippen LogP contribution in [0.5, 0.6) is 0 Å². The van der Waals surface area contributed by atoms with Crippen LogP contribution in [0, 0.1) is 0 Å². The number of hydrogen-bond donors (Lipinski definition) is 2. The van der Waals surface area contributed by atoms with Crippen LogP contribution in [-0.2, 0) is 0 Å². The highest BCUT2D eigenvalue weighted by molar-refractivity contribution is 7.99. The summed E-state index contributed by atoms with van der Waals surface area (Å²) in [6.07, 6.45) is 6.54. The highest BCUT2D eigenvalue weighted by Gasteiger charge is 2.18. The Labute approximate surface area is 118 Å². The highest BCUT2D eigenvalue weighted by Crippen LogP contribution is 2.18. The van der Waals surface area contributed by atoms with E-state index in [-0.39, 0.29) is 12.1 Å². The standard InChI is InChI=1S/C14H21N3OS/c1-2-13(11-3-7-15-8-4-11)17-14(18)16-12-5-9-19-10-6-12/h3-4,7-8,12-13H,2,5-6,9-10H2,1H3,(H2,16,17,18). The summed E-state index contributed by atoms with van der Waals surface area (Å²) in [7, 11) is 0. The van der Waals surface area contributed by atoms with E-state index in [1.165, 1.54) is 0 Å². The smallest absolute Gasteiger partial charge is 0.315 e. The lowest BCUT2D eigenvalue weighted by atomic mass is 10.1. The second kappa shape index (κ2) is 7.38. The van der Waals surface area contributed by atoms with Crippen molar-refractivity contribution in [3.63, 3.8) is 0 Å². The lowest BCUT2D eigenvalue weighted by Gasteiger charge is -2.24. The van der Waals surface area contributed by atoms with Gasteiger partial charge in [0.05, 0.1) is 6.04 Å². The third kappa shape index (κ3) is 4.42. The summed E-state index contributed by atoms with van der Waals surface area (Å²) in [6.45, 7) is 2.07. The van der Waals surface area contributed by atoms with E-state index in [1.54, 1.807) is 12.4 Å². The van der Waals surface area contributed by atoms with Crippen LogP contribution in [-0.4, -0.2) is 28.6 Å². The molecule has 0 bridgehead atoms. The van der Waals surface area contributed by atoms with Gasteiger partial charge < -0.3 is 10.6 Å². The number of carbonyl (C=O) groups excluding carboxylic acids is 1. The maximum Gasteiger partial charge on any atom is 0.315 e. The molecule has 1 unspecified atom stereocenters. The first kappa shape index (κ1) is 14.2. The zero-order chi connectivity index (χ0) is 13.5. The van der Waals surface area contributed by atoms with Gasteiger partial charge in [-0.1, -0.05) is 6.92 Å². The van der Waals surface area contributed by atoms with E-state index < -0.39 is 0 Å². The van der Waals surface area contributed by atoms with Gasteiger partial charge in [-0.05, 0) is 48.5 Å². The predicted octanol–water partition coefficient (Wildman–Crippen LogP) is 2.73. The van der Waals surface area contributed by atoms with Crippen LogP contribution < -0.4 is 10.6 Å². The molecule has 1 aromatic rings. The molecule has 1 atom stereocenters. The average Bonchev–Trinajstić information content (AvgIpc) is 2.47. The Morgan fingerprint density at radius 3 is 2.74 bits per heavy atom. The third-order valence-corrected chi connectivity index (χ3v) is 4.43. The summed E-state index contributed by atoms with van der Waals surface area (Å²) in [6, 6.07) is 4.23. The van der Waals surface area contributed by atoms with Crippen molar-refractivity contribution in [1.82, 2.24) is 15.6 Å². The molecule has 0 spiro atoms. The van der Waals surface area contributed by atoms with Gasteiger partial charge >= 0.3 is 6.03 Å². The van der Waals surface area contributed by atoms with Crippen molar-refractivity contribution < 1.29 is 4.79 Å². The van der Waals surface area contributed by atoms with Crippen molar-refractivity contribution in [2.45, 2.75) is 38.3 Å². The first-order valence-corrected chi connectivity index (χ1v) is 7.99. The highest BCUT2D eigenvalue weighted by atomic mass is 32.2. The van der Waals surface area contributed by atoms with E-state index in [0.717, 1.165) is 36.3 Å². The molecular formula is C14H21N3OS. The Morgan fingerprint density at radius 2 is 2.11 bits per heavy atom. The Bertz CT molecular complexity index is 393. The van der Waals surface area contributed by atoms with Crippen LogP contribution in [0.25, 0.3) is 0 Å². The lowest BCUT2D eigenvalue weighted by Crippen LogP contribution is -2.44. The maximum absolute atomic E-state index is 12.0. The first-order chi connectivity index (χ1) is 9.29. The van der Waals surface area contributed by atoms with Gasteiger partial charge in [0.25, 0.3) is 0 Å². The Kier molecular flexibility index (Phi) is 5.51. The van der Waals surface area contributed by atoms with Gasteiger partial charge in [0.15, 0.2) is 0 Å². The monoisotopic (exact) mass is 279 g/mol. The van der Waals surface area contributed by atoms with E-state index in [0.29, 0.717) is 6.04 Å². The molecule has 19 heavy (non-hydrogen) atoms. The molecule has 2 rings (SSSR count). The van der Waals surface area contributed by atoms with Gasteiger partial charge in [0.1, 0.15) is 0 Å². The number of pyridine rings is 1. The van der Waals surface area contributed by atoms with Crippen LogP contribution in [0.4, 0.5) is 4.79 Å². The minimum absolute atomic E-state index is 0.0550. The van der Waals surface area contributed by atoms with E-state index in [4.69, 9.17) is 0 Å². The SMILES string of the molecule is CCC(NC(=O)NC1CCSCC1)c1ccncc1. The molecule has 1 aliphatic rings.